The summed E-state index contributed by atoms with van der Waals surface area (Å²) in [5.74, 6) is 6.34. The number of carbonyl (C=O) groups excluding carboxylic acids is 1. The highest BCUT2D eigenvalue weighted by atomic mass is 32.2. The van der Waals surface area contributed by atoms with Crippen LogP contribution in [0.5, 0.6) is 0 Å². The maximum Gasteiger partial charge on any atom is 0.196 e. The minimum absolute atomic E-state index is 0.173. The van der Waals surface area contributed by atoms with Crippen LogP contribution >= 0.6 is 24.0 Å². The molecule has 0 amide bonds. The summed E-state index contributed by atoms with van der Waals surface area (Å²) in [7, 11) is 3.75. The predicted octanol–water partition coefficient (Wildman–Crippen LogP) is 0.897. The lowest BCUT2D eigenvalue weighted by atomic mass is 10.4. The molecule has 0 bridgehead atoms. The summed E-state index contributed by atoms with van der Waals surface area (Å²) in [5.41, 5.74) is 0.633. The van der Waals surface area contributed by atoms with E-state index in [4.69, 9.17) is 18.1 Å². The number of hydrazine groups is 1. The lowest BCUT2D eigenvalue weighted by Crippen LogP contribution is -2.32. The fourth-order valence-corrected chi connectivity index (χ4v) is 1.79. The van der Waals surface area contributed by atoms with E-state index in [0.717, 1.165) is 4.32 Å². The Morgan fingerprint density at radius 2 is 2.00 bits per heavy atom. The van der Waals surface area contributed by atoms with Gasteiger partial charge in [0.15, 0.2) is 11.6 Å². The minimum atomic E-state index is -0.173. The normalized spacial score (nSPS) is 10.0. The first-order valence-corrected chi connectivity index (χ1v) is 6.50. The molecule has 0 aliphatic rings. The van der Waals surface area contributed by atoms with E-state index in [1.807, 2.05) is 19.0 Å². The van der Waals surface area contributed by atoms with Gasteiger partial charge in [0.05, 0.1) is 24.0 Å². The van der Waals surface area contributed by atoms with Crippen molar-refractivity contribution in [1.29, 1.82) is 0 Å². The van der Waals surface area contributed by atoms with Crippen LogP contribution in [0.15, 0.2) is 12.4 Å². The van der Waals surface area contributed by atoms with Crippen LogP contribution in [0.4, 0.5) is 5.69 Å². The van der Waals surface area contributed by atoms with E-state index in [9.17, 15) is 4.79 Å². The number of thioether (sulfide) groups is 1. The summed E-state index contributed by atoms with van der Waals surface area (Å²) in [6.45, 7) is 1.42. The van der Waals surface area contributed by atoms with Crippen molar-refractivity contribution in [1.82, 2.24) is 14.9 Å². The Hall–Kier alpha value is -1.25. The molecule has 0 fully saturated rings. The van der Waals surface area contributed by atoms with Gasteiger partial charge in [-0.1, -0.05) is 24.0 Å². The Morgan fingerprint density at radius 3 is 2.44 bits per heavy atom. The highest BCUT2D eigenvalue weighted by Crippen LogP contribution is 2.13. The van der Waals surface area contributed by atoms with Crippen molar-refractivity contribution in [3.63, 3.8) is 0 Å². The molecule has 8 heteroatoms. The largest absolute Gasteiger partial charge is 0.364 e. The van der Waals surface area contributed by atoms with Crippen LogP contribution in [0, 0.1) is 0 Å². The monoisotopic (exact) mass is 285 g/mol. The smallest absolute Gasteiger partial charge is 0.196 e. The van der Waals surface area contributed by atoms with Crippen molar-refractivity contribution < 1.29 is 4.79 Å². The van der Waals surface area contributed by atoms with E-state index in [1.54, 1.807) is 0 Å². The van der Waals surface area contributed by atoms with Crippen molar-refractivity contribution >= 4 is 39.8 Å². The summed E-state index contributed by atoms with van der Waals surface area (Å²) in [6, 6.07) is 0. The first kappa shape index (κ1) is 14.8. The lowest BCUT2D eigenvalue weighted by Gasteiger charge is -2.19. The zero-order chi connectivity index (χ0) is 13.7. The minimum Gasteiger partial charge on any atom is -0.364 e. The van der Waals surface area contributed by atoms with Crippen molar-refractivity contribution in [3.8, 4) is 0 Å². The van der Waals surface area contributed by atoms with Gasteiger partial charge in [0, 0.05) is 21.0 Å². The van der Waals surface area contributed by atoms with Crippen LogP contribution in [-0.4, -0.2) is 44.9 Å². The van der Waals surface area contributed by atoms with Gasteiger partial charge in [-0.25, -0.2) is 15.8 Å². The van der Waals surface area contributed by atoms with Crippen LogP contribution < -0.4 is 10.9 Å². The molecule has 0 aromatic carbocycles. The average molecular weight is 285 g/mol. The van der Waals surface area contributed by atoms with Gasteiger partial charge in [-0.2, -0.15) is 0 Å². The number of ketones is 1. The number of anilines is 1. The molecule has 0 radical (unpaired) electrons. The zero-order valence-corrected chi connectivity index (χ0v) is 12.1. The van der Waals surface area contributed by atoms with Gasteiger partial charge in [0.1, 0.15) is 4.32 Å². The molecule has 1 aromatic heterocycles. The molecular weight excluding hydrogens is 270 g/mol. The van der Waals surface area contributed by atoms with Gasteiger partial charge in [-0.15, -0.1) is 0 Å². The zero-order valence-electron chi connectivity index (χ0n) is 10.5. The number of nitrogens with two attached hydrogens (primary N) is 1. The Labute approximate surface area is 116 Å². The molecule has 0 saturated carbocycles. The molecule has 0 aliphatic heterocycles. The second-order valence-electron chi connectivity index (χ2n) is 3.72. The third kappa shape index (κ3) is 4.21. The highest BCUT2D eigenvalue weighted by molar-refractivity contribution is 8.22. The molecule has 0 unspecified atom stereocenters. The van der Waals surface area contributed by atoms with Gasteiger partial charge in [-0.3, -0.25) is 9.80 Å². The van der Waals surface area contributed by atoms with Crippen LogP contribution in [0.2, 0.25) is 0 Å². The third-order valence-corrected chi connectivity index (χ3v) is 3.72. The molecule has 1 aromatic rings. The molecule has 6 nitrogen and oxygen atoms in total. The summed E-state index contributed by atoms with van der Waals surface area (Å²) in [5, 5.41) is 1.48. The second-order valence-corrected chi connectivity index (χ2v) is 5.30. The fraction of sp³-hybridized carbons (Fsp3) is 0.400. The molecule has 0 saturated heterocycles. The van der Waals surface area contributed by atoms with Gasteiger partial charge in [-0.05, 0) is 0 Å². The predicted molar refractivity (Wildman–Crippen MR) is 77.4 cm³/mol. The summed E-state index contributed by atoms with van der Waals surface area (Å²) in [6.07, 6.45) is 3.03. The molecule has 0 aliphatic carbocycles. The number of Topliss-reactive ketones (excluding diaryl/α,β-unsaturated/α-hetero) is 1. The van der Waals surface area contributed by atoms with E-state index in [1.165, 1.54) is 36.1 Å². The molecular formula is C10H15N5OS2. The number of hydrogen-bond donors (Lipinski definition) is 1. The van der Waals surface area contributed by atoms with Crippen molar-refractivity contribution in [2.75, 3.05) is 25.0 Å². The number of nitrogens with zero attached hydrogens (tertiary/aromatic N) is 4. The Kier molecular flexibility index (Phi) is 5.45. The third-order valence-electron chi connectivity index (χ3n) is 1.98. The topological polar surface area (TPSA) is 75.3 Å². The van der Waals surface area contributed by atoms with Crippen molar-refractivity contribution in [3.05, 3.63) is 18.2 Å². The Bertz CT molecular complexity index is 434. The molecule has 1 heterocycles. The lowest BCUT2D eigenvalue weighted by molar-refractivity contribution is 0.100. The molecule has 0 spiro atoms. The Balaban J connectivity index is 2.59. The Morgan fingerprint density at radius 1 is 1.44 bits per heavy atom. The van der Waals surface area contributed by atoms with Crippen LogP contribution in [-0.2, 0) is 0 Å². The number of carbonyl (C=O) groups is 1. The molecule has 0 atom stereocenters. The average Bonchev–Trinajstić information content (AvgIpc) is 2.35. The van der Waals surface area contributed by atoms with Crippen molar-refractivity contribution in [2.45, 2.75) is 6.92 Å². The van der Waals surface area contributed by atoms with Crippen molar-refractivity contribution in [2.24, 2.45) is 5.84 Å². The maximum absolute atomic E-state index is 11.0. The summed E-state index contributed by atoms with van der Waals surface area (Å²) < 4.78 is 0.742. The summed E-state index contributed by atoms with van der Waals surface area (Å²) in [4.78, 5) is 20.7. The second kappa shape index (κ2) is 6.62. The SMILES string of the molecule is CC(=O)c1ncc(N(N)CSC(=S)N(C)C)cn1. The number of hydrogen-bond acceptors (Lipinski definition) is 7. The standard InChI is InChI=1S/C10H15N5OS2/c1-7(16)9-12-4-8(5-13-9)15(11)6-18-10(17)14(2)3/h4-5H,6,11H2,1-3H3. The van der Waals surface area contributed by atoms with E-state index in [0.29, 0.717) is 11.6 Å². The van der Waals surface area contributed by atoms with E-state index in [-0.39, 0.29) is 11.6 Å². The maximum atomic E-state index is 11.0. The fourth-order valence-electron chi connectivity index (χ4n) is 0.980. The molecule has 98 valence electrons. The van der Waals surface area contributed by atoms with E-state index < -0.39 is 0 Å². The first-order valence-electron chi connectivity index (χ1n) is 5.11. The van der Waals surface area contributed by atoms with E-state index in [2.05, 4.69) is 9.97 Å². The van der Waals surface area contributed by atoms with E-state index >= 15 is 0 Å². The van der Waals surface area contributed by atoms with Gasteiger partial charge in [0.2, 0.25) is 0 Å². The number of rotatable bonds is 4. The van der Waals surface area contributed by atoms with Crippen LogP contribution in [0.25, 0.3) is 0 Å². The van der Waals surface area contributed by atoms with Gasteiger partial charge < -0.3 is 4.90 Å². The summed E-state index contributed by atoms with van der Waals surface area (Å²) >= 11 is 6.57. The number of thiocarbonyl (C=S) groups is 1. The quantitative estimate of drug-likeness (QED) is 0.287. The number of aromatic nitrogens is 2. The highest BCUT2D eigenvalue weighted by Gasteiger charge is 2.08. The van der Waals surface area contributed by atoms with Gasteiger partial charge >= 0.3 is 0 Å². The molecule has 1 rings (SSSR count). The first-order chi connectivity index (χ1) is 8.41. The molecule has 18 heavy (non-hydrogen) atoms. The van der Waals surface area contributed by atoms with Gasteiger partial charge in [0.25, 0.3) is 0 Å². The van der Waals surface area contributed by atoms with Crippen LogP contribution in [0.3, 0.4) is 0 Å². The molecule has 2 N–H and O–H groups in total. The van der Waals surface area contributed by atoms with Crippen LogP contribution in [0.1, 0.15) is 17.5 Å².